The first-order chi connectivity index (χ1) is 10.5. The van der Waals surface area contributed by atoms with Gasteiger partial charge in [0.2, 0.25) is 5.91 Å². The molecular formula is C16H20FN3O2. The predicted octanol–water partition coefficient (Wildman–Crippen LogP) is 0.847. The summed E-state index contributed by atoms with van der Waals surface area (Å²) in [6.45, 7) is 3.10. The van der Waals surface area contributed by atoms with Gasteiger partial charge in [-0.1, -0.05) is 0 Å². The Labute approximate surface area is 128 Å². The maximum absolute atomic E-state index is 12.9. The van der Waals surface area contributed by atoms with Crippen molar-refractivity contribution >= 4 is 11.8 Å². The number of nitrogens with two attached hydrogens (primary N) is 1. The molecule has 0 aliphatic carbocycles. The first kappa shape index (κ1) is 15.0. The Balaban J connectivity index is 1.49. The van der Waals surface area contributed by atoms with Crippen molar-refractivity contribution in [3.8, 4) is 0 Å². The monoisotopic (exact) mass is 305 g/mol. The SMILES string of the molecule is NC(=O)C1CCN(C2CN(C(=O)c3ccc(F)cc3)C2)CC1. The Morgan fingerprint density at radius 2 is 1.68 bits per heavy atom. The van der Waals surface area contributed by atoms with Crippen LogP contribution in [0.4, 0.5) is 4.39 Å². The number of nitrogens with zero attached hydrogens (tertiary/aromatic N) is 2. The van der Waals surface area contributed by atoms with Gasteiger partial charge in [0, 0.05) is 30.6 Å². The lowest BCUT2D eigenvalue weighted by molar-refractivity contribution is -0.123. The van der Waals surface area contributed by atoms with Crippen LogP contribution < -0.4 is 5.73 Å². The summed E-state index contributed by atoms with van der Waals surface area (Å²) in [4.78, 5) is 27.5. The number of amides is 2. The van der Waals surface area contributed by atoms with Crippen LogP contribution >= 0.6 is 0 Å². The summed E-state index contributed by atoms with van der Waals surface area (Å²) in [7, 11) is 0. The minimum absolute atomic E-state index is 0.00623. The van der Waals surface area contributed by atoms with Crippen molar-refractivity contribution in [1.29, 1.82) is 0 Å². The molecule has 2 saturated heterocycles. The minimum Gasteiger partial charge on any atom is -0.369 e. The smallest absolute Gasteiger partial charge is 0.253 e. The van der Waals surface area contributed by atoms with Gasteiger partial charge < -0.3 is 10.6 Å². The molecule has 5 nitrogen and oxygen atoms in total. The molecule has 0 unspecified atom stereocenters. The number of halogens is 1. The van der Waals surface area contributed by atoms with Gasteiger partial charge in [-0.3, -0.25) is 14.5 Å². The highest BCUT2D eigenvalue weighted by Crippen LogP contribution is 2.24. The molecule has 2 amide bonds. The van der Waals surface area contributed by atoms with Gasteiger partial charge >= 0.3 is 0 Å². The fraction of sp³-hybridized carbons (Fsp3) is 0.500. The molecule has 2 heterocycles. The third-order valence-corrected chi connectivity index (χ3v) is 4.69. The van der Waals surface area contributed by atoms with Crippen LogP contribution in [0.2, 0.25) is 0 Å². The van der Waals surface area contributed by atoms with Gasteiger partial charge in [0.25, 0.3) is 5.91 Å². The van der Waals surface area contributed by atoms with E-state index in [-0.39, 0.29) is 23.5 Å². The summed E-state index contributed by atoms with van der Waals surface area (Å²) in [5.74, 6) is -0.603. The van der Waals surface area contributed by atoms with Crippen LogP contribution in [0.15, 0.2) is 24.3 Å². The van der Waals surface area contributed by atoms with Gasteiger partial charge in [0.1, 0.15) is 5.82 Å². The van der Waals surface area contributed by atoms with Gasteiger partial charge in [-0.25, -0.2) is 4.39 Å². The van der Waals surface area contributed by atoms with E-state index in [2.05, 4.69) is 4.90 Å². The maximum Gasteiger partial charge on any atom is 0.253 e. The molecule has 118 valence electrons. The van der Waals surface area contributed by atoms with E-state index in [1.54, 1.807) is 4.90 Å². The number of carbonyl (C=O) groups excluding carboxylic acids is 2. The molecule has 3 rings (SSSR count). The standard InChI is InChI=1S/C16H20FN3O2/c17-13-3-1-12(2-4-13)16(22)20-9-14(10-20)19-7-5-11(6-8-19)15(18)21/h1-4,11,14H,5-10H2,(H2,18,21). The molecule has 2 aliphatic rings. The lowest BCUT2D eigenvalue weighted by Gasteiger charge is -2.47. The summed E-state index contributed by atoms with van der Waals surface area (Å²) < 4.78 is 12.9. The molecule has 0 radical (unpaired) electrons. The summed E-state index contributed by atoms with van der Waals surface area (Å²) in [5.41, 5.74) is 5.86. The molecule has 0 spiro atoms. The van der Waals surface area contributed by atoms with Gasteiger partial charge in [-0.2, -0.15) is 0 Å². The lowest BCUT2D eigenvalue weighted by atomic mass is 9.93. The van der Waals surface area contributed by atoms with E-state index >= 15 is 0 Å². The van der Waals surface area contributed by atoms with Crippen molar-refractivity contribution in [3.63, 3.8) is 0 Å². The van der Waals surface area contributed by atoms with Crippen molar-refractivity contribution in [2.45, 2.75) is 18.9 Å². The first-order valence-electron chi connectivity index (χ1n) is 7.63. The minimum atomic E-state index is -0.338. The topological polar surface area (TPSA) is 66.6 Å². The van der Waals surface area contributed by atoms with Gasteiger partial charge in [-0.05, 0) is 50.2 Å². The average Bonchev–Trinajstić information content (AvgIpc) is 2.47. The van der Waals surface area contributed by atoms with Crippen LogP contribution in [0.1, 0.15) is 23.2 Å². The Hall–Kier alpha value is -1.95. The van der Waals surface area contributed by atoms with E-state index in [1.165, 1.54) is 24.3 Å². The predicted molar refractivity (Wildman–Crippen MR) is 79.6 cm³/mol. The van der Waals surface area contributed by atoms with E-state index in [9.17, 15) is 14.0 Å². The highest BCUT2D eigenvalue weighted by Gasteiger charge is 2.37. The average molecular weight is 305 g/mol. The van der Waals surface area contributed by atoms with Crippen LogP contribution in [-0.4, -0.2) is 53.8 Å². The van der Waals surface area contributed by atoms with Crippen LogP contribution in [-0.2, 0) is 4.79 Å². The first-order valence-corrected chi connectivity index (χ1v) is 7.63. The van der Waals surface area contributed by atoms with E-state index in [0.717, 1.165) is 25.9 Å². The van der Waals surface area contributed by atoms with Crippen molar-refractivity contribution in [2.75, 3.05) is 26.2 Å². The zero-order chi connectivity index (χ0) is 15.7. The molecule has 2 N–H and O–H groups in total. The van der Waals surface area contributed by atoms with E-state index in [4.69, 9.17) is 5.73 Å². The van der Waals surface area contributed by atoms with E-state index in [1.807, 2.05) is 0 Å². The van der Waals surface area contributed by atoms with Gasteiger partial charge in [-0.15, -0.1) is 0 Å². The lowest BCUT2D eigenvalue weighted by Crippen LogP contribution is -2.62. The van der Waals surface area contributed by atoms with E-state index in [0.29, 0.717) is 24.7 Å². The van der Waals surface area contributed by atoms with Crippen LogP contribution in [0.5, 0.6) is 0 Å². The molecule has 0 saturated carbocycles. The van der Waals surface area contributed by atoms with E-state index < -0.39 is 0 Å². The molecule has 2 fully saturated rings. The molecule has 22 heavy (non-hydrogen) atoms. The number of hydrogen-bond donors (Lipinski definition) is 1. The molecule has 1 aromatic rings. The summed E-state index contributed by atoms with van der Waals surface area (Å²) in [6.07, 6.45) is 1.61. The second-order valence-electron chi connectivity index (χ2n) is 6.08. The zero-order valence-corrected chi connectivity index (χ0v) is 12.4. The van der Waals surface area contributed by atoms with Crippen molar-refractivity contribution < 1.29 is 14.0 Å². The molecule has 0 aromatic heterocycles. The number of benzene rings is 1. The quantitative estimate of drug-likeness (QED) is 0.900. The summed E-state index contributed by atoms with van der Waals surface area (Å²) in [6, 6.07) is 6.00. The zero-order valence-electron chi connectivity index (χ0n) is 12.4. The van der Waals surface area contributed by atoms with Crippen molar-refractivity contribution in [3.05, 3.63) is 35.6 Å². The fourth-order valence-electron chi connectivity index (χ4n) is 3.18. The Morgan fingerprint density at radius 3 is 2.23 bits per heavy atom. The number of hydrogen-bond acceptors (Lipinski definition) is 3. The number of piperidine rings is 1. The van der Waals surface area contributed by atoms with Crippen LogP contribution in [0.3, 0.4) is 0 Å². The largest absolute Gasteiger partial charge is 0.369 e. The highest BCUT2D eigenvalue weighted by molar-refractivity contribution is 5.94. The number of primary amides is 1. The molecular weight excluding hydrogens is 285 g/mol. The Bertz CT molecular complexity index is 561. The van der Waals surface area contributed by atoms with Crippen molar-refractivity contribution in [2.24, 2.45) is 11.7 Å². The number of likely N-dealkylation sites (tertiary alicyclic amines) is 2. The summed E-state index contributed by atoms with van der Waals surface area (Å²) in [5, 5.41) is 0. The third-order valence-electron chi connectivity index (χ3n) is 4.69. The Kier molecular flexibility index (Phi) is 4.11. The second kappa shape index (κ2) is 6.04. The van der Waals surface area contributed by atoms with Gasteiger partial charge in [0.15, 0.2) is 0 Å². The maximum atomic E-state index is 12.9. The fourth-order valence-corrected chi connectivity index (χ4v) is 3.18. The van der Waals surface area contributed by atoms with Crippen molar-refractivity contribution in [1.82, 2.24) is 9.80 Å². The third kappa shape index (κ3) is 2.97. The number of carbonyl (C=O) groups is 2. The highest BCUT2D eigenvalue weighted by atomic mass is 19.1. The normalized spacial score (nSPS) is 20.7. The molecule has 0 bridgehead atoms. The molecule has 0 atom stereocenters. The molecule has 6 heteroatoms. The second-order valence-corrected chi connectivity index (χ2v) is 6.08. The molecule has 1 aromatic carbocycles. The summed E-state index contributed by atoms with van der Waals surface area (Å²) >= 11 is 0. The molecule has 2 aliphatic heterocycles. The van der Waals surface area contributed by atoms with Crippen LogP contribution in [0.25, 0.3) is 0 Å². The number of rotatable bonds is 3. The van der Waals surface area contributed by atoms with Gasteiger partial charge in [0.05, 0.1) is 0 Å². The van der Waals surface area contributed by atoms with Crippen LogP contribution in [0, 0.1) is 11.7 Å². The Morgan fingerprint density at radius 1 is 1.09 bits per heavy atom.